The standard InChI is InChI=1S/C27H40N2O6/c1-27(2)20-35-26(33)23(18-21-10-6-5-7-11-21)13-9-4-3-8-12-22(25(32)29-27)19-24(31)28-14-16-34-17-15-30/h3,5-8,10-11,22-23,30H,4,9,12-20H2,1-2H3,(H,28,31)(H,29,32). The maximum absolute atomic E-state index is 13.0. The Balaban J connectivity index is 2.00. The third-order valence-electron chi connectivity index (χ3n) is 5.81. The van der Waals surface area contributed by atoms with Gasteiger partial charge < -0.3 is 25.2 Å². The number of amides is 2. The van der Waals surface area contributed by atoms with E-state index in [4.69, 9.17) is 14.6 Å². The summed E-state index contributed by atoms with van der Waals surface area (Å²) in [5.74, 6) is -1.51. The number of ether oxygens (including phenoxy) is 2. The fourth-order valence-corrected chi connectivity index (χ4v) is 3.91. The van der Waals surface area contributed by atoms with E-state index in [-0.39, 0.29) is 49.9 Å². The predicted molar refractivity (Wildman–Crippen MR) is 133 cm³/mol. The van der Waals surface area contributed by atoms with E-state index in [0.29, 0.717) is 26.0 Å². The highest BCUT2D eigenvalue weighted by Gasteiger charge is 2.30. The number of esters is 1. The minimum Gasteiger partial charge on any atom is -0.463 e. The number of nitrogens with one attached hydrogen (secondary N) is 2. The summed E-state index contributed by atoms with van der Waals surface area (Å²) < 4.78 is 10.8. The fourth-order valence-electron chi connectivity index (χ4n) is 3.91. The zero-order chi connectivity index (χ0) is 25.5. The van der Waals surface area contributed by atoms with Crippen molar-refractivity contribution < 1.29 is 29.0 Å². The van der Waals surface area contributed by atoms with Crippen LogP contribution in [0.2, 0.25) is 0 Å². The number of carbonyl (C=O) groups is 3. The molecule has 8 heteroatoms. The number of cyclic esters (lactones) is 1. The number of benzene rings is 1. The van der Waals surface area contributed by atoms with E-state index in [2.05, 4.69) is 10.6 Å². The fraction of sp³-hybridized carbons (Fsp3) is 0.593. The quantitative estimate of drug-likeness (QED) is 0.280. The molecule has 2 rings (SSSR count). The van der Waals surface area contributed by atoms with Crippen molar-refractivity contribution in [3.8, 4) is 0 Å². The van der Waals surface area contributed by atoms with Crippen molar-refractivity contribution in [1.29, 1.82) is 0 Å². The maximum atomic E-state index is 13.0. The molecule has 0 fully saturated rings. The zero-order valence-electron chi connectivity index (χ0n) is 21.0. The summed E-state index contributed by atoms with van der Waals surface area (Å²) in [6, 6.07) is 9.91. The highest BCUT2D eigenvalue weighted by molar-refractivity contribution is 5.86. The molecule has 0 saturated carbocycles. The lowest BCUT2D eigenvalue weighted by Crippen LogP contribution is -2.50. The molecule has 0 saturated heterocycles. The first kappa shape index (κ1) is 28.5. The Morgan fingerprint density at radius 2 is 1.94 bits per heavy atom. The summed E-state index contributed by atoms with van der Waals surface area (Å²) in [5, 5.41) is 14.4. The Labute approximate surface area is 208 Å². The van der Waals surface area contributed by atoms with Crippen LogP contribution in [-0.4, -0.2) is 61.4 Å². The van der Waals surface area contributed by atoms with Gasteiger partial charge in [0.2, 0.25) is 11.8 Å². The lowest BCUT2D eigenvalue weighted by molar-refractivity contribution is -0.151. The second-order valence-electron chi connectivity index (χ2n) is 9.59. The number of aliphatic hydroxyl groups is 1. The largest absolute Gasteiger partial charge is 0.463 e. The first-order valence-electron chi connectivity index (χ1n) is 12.4. The van der Waals surface area contributed by atoms with Crippen molar-refractivity contribution in [2.75, 3.05) is 33.0 Å². The zero-order valence-corrected chi connectivity index (χ0v) is 21.0. The van der Waals surface area contributed by atoms with Crippen LogP contribution < -0.4 is 10.6 Å². The summed E-state index contributed by atoms with van der Waals surface area (Å²) in [6.07, 6.45) is 7.42. The lowest BCUT2D eigenvalue weighted by atomic mass is 9.93. The number of aliphatic hydroxyl groups excluding tert-OH is 1. The van der Waals surface area contributed by atoms with Gasteiger partial charge in [0.05, 0.1) is 37.2 Å². The average Bonchev–Trinajstić information content (AvgIpc) is 2.82. The molecule has 8 nitrogen and oxygen atoms in total. The van der Waals surface area contributed by atoms with Crippen LogP contribution in [0.15, 0.2) is 42.5 Å². The van der Waals surface area contributed by atoms with Crippen LogP contribution in [0, 0.1) is 11.8 Å². The first-order chi connectivity index (χ1) is 16.8. The lowest BCUT2D eigenvalue weighted by Gasteiger charge is -2.29. The van der Waals surface area contributed by atoms with Crippen LogP contribution in [0.3, 0.4) is 0 Å². The Morgan fingerprint density at radius 1 is 1.17 bits per heavy atom. The molecule has 1 aromatic rings. The van der Waals surface area contributed by atoms with Crippen LogP contribution >= 0.6 is 0 Å². The highest BCUT2D eigenvalue weighted by atomic mass is 16.5. The average molecular weight is 489 g/mol. The summed E-state index contributed by atoms with van der Waals surface area (Å²) in [5.41, 5.74) is 0.324. The van der Waals surface area contributed by atoms with Gasteiger partial charge in [-0.2, -0.15) is 0 Å². The van der Waals surface area contributed by atoms with Gasteiger partial charge >= 0.3 is 5.97 Å². The summed E-state index contributed by atoms with van der Waals surface area (Å²) in [7, 11) is 0. The van der Waals surface area contributed by atoms with Gasteiger partial charge in [0, 0.05) is 13.0 Å². The molecule has 1 aliphatic heterocycles. The van der Waals surface area contributed by atoms with E-state index in [1.54, 1.807) is 0 Å². The predicted octanol–water partition coefficient (Wildman–Crippen LogP) is 2.54. The van der Waals surface area contributed by atoms with Crippen molar-refractivity contribution >= 4 is 17.8 Å². The Morgan fingerprint density at radius 3 is 2.69 bits per heavy atom. The molecule has 0 aromatic heterocycles. The van der Waals surface area contributed by atoms with Gasteiger partial charge in [0.1, 0.15) is 6.61 Å². The number of rotatable bonds is 9. The highest BCUT2D eigenvalue weighted by Crippen LogP contribution is 2.20. The summed E-state index contributed by atoms with van der Waals surface area (Å²) >= 11 is 0. The molecule has 0 aliphatic carbocycles. The second kappa shape index (κ2) is 15.3. The van der Waals surface area contributed by atoms with E-state index in [9.17, 15) is 14.4 Å². The van der Waals surface area contributed by atoms with Crippen molar-refractivity contribution in [3.63, 3.8) is 0 Å². The first-order valence-corrected chi connectivity index (χ1v) is 12.4. The topological polar surface area (TPSA) is 114 Å². The third kappa shape index (κ3) is 11.5. The van der Waals surface area contributed by atoms with E-state index in [0.717, 1.165) is 24.8 Å². The van der Waals surface area contributed by atoms with Crippen LogP contribution in [0.5, 0.6) is 0 Å². The molecule has 0 bridgehead atoms. The molecule has 1 heterocycles. The molecule has 3 N–H and O–H groups in total. The van der Waals surface area contributed by atoms with Gasteiger partial charge in [0.25, 0.3) is 0 Å². The molecule has 1 aromatic carbocycles. The van der Waals surface area contributed by atoms with E-state index < -0.39 is 11.5 Å². The van der Waals surface area contributed by atoms with Crippen LogP contribution in [0.1, 0.15) is 51.5 Å². The monoisotopic (exact) mass is 488 g/mol. The van der Waals surface area contributed by atoms with Crippen LogP contribution in [-0.2, 0) is 30.3 Å². The molecule has 2 atom stereocenters. The molecule has 194 valence electrons. The van der Waals surface area contributed by atoms with Gasteiger partial charge in [-0.05, 0) is 51.5 Å². The van der Waals surface area contributed by atoms with Crippen LogP contribution in [0.25, 0.3) is 0 Å². The SMILES string of the molecule is CC1(C)COC(=O)C(Cc2ccccc2)CCCC=CCC(CC(=O)NCCOCCO)C(=O)N1. The van der Waals surface area contributed by atoms with Crippen LogP contribution in [0.4, 0.5) is 0 Å². The van der Waals surface area contributed by atoms with Crippen molar-refractivity contribution in [2.45, 2.75) is 57.9 Å². The number of carbonyl (C=O) groups excluding carboxylic acids is 3. The van der Waals surface area contributed by atoms with E-state index >= 15 is 0 Å². The Hall–Kier alpha value is -2.71. The normalized spacial score (nSPS) is 21.5. The van der Waals surface area contributed by atoms with Gasteiger partial charge in [-0.3, -0.25) is 14.4 Å². The molecular formula is C27H40N2O6. The number of hydrogen-bond donors (Lipinski definition) is 3. The minimum atomic E-state index is -0.773. The molecule has 0 spiro atoms. The maximum Gasteiger partial charge on any atom is 0.309 e. The second-order valence-corrected chi connectivity index (χ2v) is 9.59. The molecule has 1 aliphatic rings. The summed E-state index contributed by atoms with van der Waals surface area (Å²) in [6.45, 7) is 4.43. The van der Waals surface area contributed by atoms with Gasteiger partial charge in [-0.15, -0.1) is 0 Å². The Kier molecular flexibility index (Phi) is 12.5. The van der Waals surface area contributed by atoms with Gasteiger partial charge in [-0.1, -0.05) is 42.5 Å². The van der Waals surface area contributed by atoms with E-state index in [1.807, 2.05) is 56.3 Å². The van der Waals surface area contributed by atoms with Gasteiger partial charge in [-0.25, -0.2) is 0 Å². The molecule has 35 heavy (non-hydrogen) atoms. The van der Waals surface area contributed by atoms with Crippen molar-refractivity contribution in [3.05, 3.63) is 48.0 Å². The minimum absolute atomic E-state index is 0.0468. The molecule has 0 radical (unpaired) electrons. The third-order valence-corrected chi connectivity index (χ3v) is 5.81. The van der Waals surface area contributed by atoms with E-state index in [1.165, 1.54) is 0 Å². The molecule has 2 unspecified atom stereocenters. The van der Waals surface area contributed by atoms with Crippen molar-refractivity contribution in [2.24, 2.45) is 11.8 Å². The smallest absolute Gasteiger partial charge is 0.309 e. The Bertz CT molecular complexity index is 824. The van der Waals surface area contributed by atoms with Crippen molar-refractivity contribution in [1.82, 2.24) is 10.6 Å². The number of allylic oxidation sites excluding steroid dienone is 2. The van der Waals surface area contributed by atoms with Gasteiger partial charge in [0.15, 0.2) is 0 Å². The number of hydrogen-bond acceptors (Lipinski definition) is 6. The summed E-state index contributed by atoms with van der Waals surface area (Å²) in [4.78, 5) is 38.3. The molecular weight excluding hydrogens is 448 g/mol. The molecule has 2 amide bonds.